The van der Waals surface area contributed by atoms with Gasteiger partial charge in [-0.15, -0.1) is 5.10 Å². The highest BCUT2D eigenvalue weighted by Crippen LogP contribution is 2.27. The van der Waals surface area contributed by atoms with Crippen LogP contribution in [0, 0.1) is 6.92 Å². The van der Waals surface area contributed by atoms with E-state index in [1.807, 2.05) is 45.9 Å². The third kappa shape index (κ3) is 9.76. The number of benzene rings is 2. The summed E-state index contributed by atoms with van der Waals surface area (Å²) in [5.74, 6) is 1.19. The number of hydrogen-bond acceptors (Lipinski definition) is 13. The molecule has 0 radical (unpaired) electrons. The lowest BCUT2D eigenvalue weighted by Gasteiger charge is -2.43. The Labute approximate surface area is 328 Å². The number of piperidine rings is 1. The molecule has 5 heterocycles. The summed E-state index contributed by atoms with van der Waals surface area (Å²) in [6.45, 7) is 14.3. The van der Waals surface area contributed by atoms with Crippen LogP contribution in [0.5, 0.6) is 0 Å². The van der Waals surface area contributed by atoms with Gasteiger partial charge in [0, 0.05) is 99.2 Å². The molecule has 0 aliphatic carbocycles. The molecule has 0 atom stereocenters. The number of rotatable bonds is 11. The molecule has 0 saturated carbocycles. The van der Waals surface area contributed by atoms with E-state index in [-0.39, 0.29) is 17.2 Å². The summed E-state index contributed by atoms with van der Waals surface area (Å²) in [6, 6.07) is 18.8. The molecule has 16 nitrogen and oxygen atoms in total. The van der Waals surface area contributed by atoms with Crippen LogP contribution < -0.4 is 30.5 Å². The van der Waals surface area contributed by atoms with E-state index in [9.17, 15) is 18.0 Å². The number of hydrogen-bond donors (Lipinski definition) is 4. The largest absolute Gasteiger partial charge is 0.371 e. The lowest BCUT2D eigenvalue weighted by atomic mass is 10.0. The van der Waals surface area contributed by atoms with Gasteiger partial charge in [0.2, 0.25) is 21.9 Å². The number of aromatic nitrogens is 4. The molecule has 296 valence electrons. The number of anilines is 6. The first-order chi connectivity index (χ1) is 26.8. The van der Waals surface area contributed by atoms with Gasteiger partial charge < -0.3 is 15.5 Å². The number of amides is 3. The van der Waals surface area contributed by atoms with E-state index in [0.29, 0.717) is 42.4 Å². The summed E-state index contributed by atoms with van der Waals surface area (Å²) < 4.78 is 28.5. The van der Waals surface area contributed by atoms with Crippen molar-refractivity contribution in [1.29, 1.82) is 0 Å². The van der Waals surface area contributed by atoms with Crippen molar-refractivity contribution in [3.63, 3.8) is 0 Å². The molecule has 56 heavy (non-hydrogen) atoms. The molecule has 17 heteroatoms. The van der Waals surface area contributed by atoms with Crippen LogP contribution in [-0.2, 0) is 21.4 Å². The SMILES string of the molecule is Cc1cnc(Nc2ccc(N3CCC(N4CCN(Cc5ccc(N6CCC(=O)NC6=O)nn5)CC4)CC3)cc2)nc1Nc1cccc(S(=O)(=O)NC(C)(C)C)c1. The molecule has 3 fully saturated rings. The highest BCUT2D eigenvalue weighted by atomic mass is 32.2. The Morgan fingerprint density at radius 2 is 1.61 bits per heavy atom. The lowest BCUT2D eigenvalue weighted by Crippen LogP contribution is -2.53. The monoisotopic (exact) mass is 782 g/mol. The molecule has 4 N–H and O–H groups in total. The number of aryl methyl sites for hydroxylation is 1. The number of sulfonamides is 1. The Morgan fingerprint density at radius 3 is 2.29 bits per heavy atom. The van der Waals surface area contributed by atoms with Crippen LogP contribution in [0.3, 0.4) is 0 Å². The minimum absolute atomic E-state index is 0.172. The number of nitrogens with zero attached hydrogens (tertiary/aromatic N) is 8. The van der Waals surface area contributed by atoms with E-state index in [4.69, 9.17) is 0 Å². The van der Waals surface area contributed by atoms with Gasteiger partial charge in [-0.1, -0.05) is 6.07 Å². The number of carbonyl (C=O) groups excluding carboxylic acids is 2. The zero-order chi connectivity index (χ0) is 39.5. The molecular formula is C39H50N12O4S. The normalized spacial score (nSPS) is 17.9. The van der Waals surface area contributed by atoms with Gasteiger partial charge in [-0.3, -0.25) is 24.8 Å². The molecule has 3 aliphatic rings. The van der Waals surface area contributed by atoms with Gasteiger partial charge in [0.05, 0.1) is 10.6 Å². The van der Waals surface area contributed by atoms with Gasteiger partial charge in [0.25, 0.3) is 0 Å². The third-order valence-corrected chi connectivity index (χ3v) is 11.9. The molecule has 0 bridgehead atoms. The molecular weight excluding hydrogens is 733 g/mol. The van der Waals surface area contributed by atoms with Gasteiger partial charge >= 0.3 is 6.03 Å². The summed E-state index contributed by atoms with van der Waals surface area (Å²) >= 11 is 0. The average Bonchev–Trinajstić information content (AvgIpc) is 3.17. The second-order valence-electron chi connectivity index (χ2n) is 15.6. The topological polar surface area (TPSA) is 181 Å². The molecule has 4 aromatic rings. The molecule has 3 aliphatic heterocycles. The molecule has 3 saturated heterocycles. The predicted molar refractivity (Wildman–Crippen MR) is 216 cm³/mol. The van der Waals surface area contributed by atoms with Gasteiger partial charge in [0.1, 0.15) is 5.82 Å². The molecule has 7 rings (SSSR count). The van der Waals surface area contributed by atoms with Crippen molar-refractivity contribution in [1.82, 2.24) is 40.0 Å². The fourth-order valence-corrected chi connectivity index (χ4v) is 8.69. The Hall–Kier alpha value is -5.23. The quantitative estimate of drug-likeness (QED) is 0.169. The second-order valence-corrected chi connectivity index (χ2v) is 17.3. The molecule has 0 spiro atoms. The van der Waals surface area contributed by atoms with Crippen LogP contribution in [0.25, 0.3) is 0 Å². The van der Waals surface area contributed by atoms with Crippen molar-refractivity contribution in [3.05, 3.63) is 78.1 Å². The zero-order valence-electron chi connectivity index (χ0n) is 32.3. The summed E-state index contributed by atoms with van der Waals surface area (Å²) in [4.78, 5) is 41.8. The van der Waals surface area contributed by atoms with Crippen molar-refractivity contribution in [3.8, 4) is 0 Å². The lowest BCUT2D eigenvalue weighted by molar-refractivity contribution is -0.120. The van der Waals surface area contributed by atoms with Crippen molar-refractivity contribution in [2.45, 2.75) is 70.0 Å². The molecule has 2 aromatic carbocycles. The number of imide groups is 1. The maximum absolute atomic E-state index is 12.9. The minimum atomic E-state index is -3.69. The number of piperazine rings is 1. The second kappa shape index (κ2) is 16.5. The van der Waals surface area contributed by atoms with Gasteiger partial charge in [0.15, 0.2) is 5.82 Å². The Kier molecular flexibility index (Phi) is 11.5. The van der Waals surface area contributed by atoms with Gasteiger partial charge in [-0.25, -0.2) is 22.9 Å². The summed E-state index contributed by atoms with van der Waals surface area (Å²) in [5, 5.41) is 17.5. The average molecular weight is 783 g/mol. The van der Waals surface area contributed by atoms with Crippen molar-refractivity contribution in [2.24, 2.45) is 0 Å². The number of urea groups is 1. The number of nitrogens with one attached hydrogen (secondary N) is 4. The van der Waals surface area contributed by atoms with Gasteiger partial charge in [-0.05, 0) is 95.1 Å². The predicted octanol–water partition coefficient (Wildman–Crippen LogP) is 4.37. The Morgan fingerprint density at radius 1 is 0.857 bits per heavy atom. The van der Waals surface area contributed by atoms with Crippen molar-refractivity contribution < 1.29 is 18.0 Å². The van der Waals surface area contributed by atoms with Crippen molar-refractivity contribution >= 4 is 56.6 Å². The van der Waals surface area contributed by atoms with E-state index < -0.39 is 21.6 Å². The number of carbonyl (C=O) groups is 2. The highest BCUT2D eigenvalue weighted by Gasteiger charge is 2.29. The van der Waals surface area contributed by atoms with Crippen LogP contribution in [-0.4, -0.2) is 108 Å². The molecule has 2 aromatic heterocycles. The molecule has 3 amide bonds. The summed E-state index contributed by atoms with van der Waals surface area (Å²) in [7, 11) is -3.69. The maximum Gasteiger partial charge on any atom is 0.329 e. The smallest absolute Gasteiger partial charge is 0.329 e. The van der Waals surface area contributed by atoms with Crippen LogP contribution in [0.2, 0.25) is 0 Å². The third-order valence-electron chi connectivity index (χ3n) is 10.1. The maximum atomic E-state index is 12.9. The first-order valence-corrected chi connectivity index (χ1v) is 20.5. The highest BCUT2D eigenvalue weighted by molar-refractivity contribution is 7.89. The van der Waals surface area contributed by atoms with Crippen LogP contribution in [0.1, 0.15) is 51.3 Å². The summed E-state index contributed by atoms with van der Waals surface area (Å²) in [6.07, 6.45) is 4.20. The van der Waals surface area contributed by atoms with E-state index in [2.05, 4.69) is 67.7 Å². The fourth-order valence-electron chi connectivity index (χ4n) is 7.22. The van der Waals surface area contributed by atoms with Crippen LogP contribution in [0.15, 0.2) is 71.8 Å². The molecule has 0 unspecified atom stereocenters. The van der Waals surface area contributed by atoms with Crippen LogP contribution in [0.4, 0.5) is 39.4 Å². The Balaban J connectivity index is 0.866. The zero-order valence-corrected chi connectivity index (χ0v) is 33.1. The standard InChI is InChI=1S/C39H50N12O4S/c1-27-25-40-37(44-36(27)41-29-6-5-7-33(24-29)56(54,55)47-39(2,3)4)42-28-8-11-31(12-9-28)49-17-14-32(15-18-49)50-22-20-48(21-23-50)26-30-10-13-34(46-45-30)51-19-16-35(52)43-38(51)53/h5-13,24-25,32,47H,14-23,26H2,1-4H3,(H,43,52,53)(H2,40,41,42,44). The first kappa shape index (κ1) is 39.0. The Bertz CT molecular complexity index is 2130. The van der Waals surface area contributed by atoms with Crippen LogP contribution >= 0.6 is 0 Å². The minimum Gasteiger partial charge on any atom is -0.371 e. The van der Waals surface area contributed by atoms with E-state index in [1.165, 1.54) is 10.6 Å². The van der Waals surface area contributed by atoms with E-state index >= 15 is 0 Å². The van der Waals surface area contributed by atoms with E-state index in [0.717, 1.165) is 69.1 Å². The van der Waals surface area contributed by atoms with E-state index in [1.54, 1.807) is 36.5 Å². The van der Waals surface area contributed by atoms with Gasteiger partial charge in [-0.2, -0.15) is 10.1 Å². The fraction of sp³-hybridized carbons (Fsp3) is 0.436. The summed E-state index contributed by atoms with van der Waals surface area (Å²) in [5.41, 5.74) is 3.74. The first-order valence-electron chi connectivity index (χ1n) is 19.1. The van der Waals surface area contributed by atoms with Crippen molar-refractivity contribution in [2.75, 3.05) is 66.2 Å².